The fourth-order valence-electron chi connectivity index (χ4n) is 2.67. The van der Waals surface area contributed by atoms with Gasteiger partial charge in [0, 0.05) is 18.4 Å². The van der Waals surface area contributed by atoms with Crippen LogP contribution >= 0.6 is 0 Å². The number of amides is 1. The first kappa shape index (κ1) is 12.7. The number of nitrogens with zero attached hydrogens (tertiary/aromatic N) is 3. The highest BCUT2D eigenvalue weighted by atomic mass is 16.2. The monoisotopic (exact) mass is 270 g/mol. The molecule has 3 rings (SSSR count). The van der Waals surface area contributed by atoms with E-state index >= 15 is 0 Å². The smallest absolute Gasteiger partial charge is 0.248 e. The van der Waals surface area contributed by atoms with Gasteiger partial charge in [-0.25, -0.2) is 0 Å². The summed E-state index contributed by atoms with van der Waals surface area (Å²) in [5.74, 6) is 0.0536. The summed E-state index contributed by atoms with van der Waals surface area (Å²) < 4.78 is 1.58. The molecule has 0 aliphatic carbocycles. The minimum Gasteiger partial charge on any atom is -0.396 e. The first-order valence-electron chi connectivity index (χ1n) is 6.81. The van der Waals surface area contributed by atoms with Crippen molar-refractivity contribution in [1.82, 2.24) is 9.78 Å². The van der Waals surface area contributed by atoms with Crippen molar-refractivity contribution >= 4 is 17.3 Å². The Morgan fingerprint density at radius 1 is 1.45 bits per heavy atom. The van der Waals surface area contributed by atoms with Gasteiger partial charge in [-0.3, -0.25) is 9.48 Å². The Morgan fingerprint density at radius 3 is 3.05 bits per heavy atom. The predicted octanol–water partition coefficient (Wildman–Crippen LogP) is 1.75. The van der Waals surface area contributed by atoms with Gasteiger partial charge in [-0.2, -0.15) is 5.10 Å². The van der Waals surface area contributed by atoms with Crippen LogP contribution in [0.4, 0.5) is 11.4 Å². The Balaban J connectivity index is 1.83. The van der Waals surface area contributed by atoms with E-state index in [1.807, 2.05) is 11.0 Å². The first-order valence-corrected chi connectivity index (χ1v) is 6.81. The number of aryl methyl sites for hydroxylation is 2. The molecular formula is C15H18N4O. The summed E-state index contributed by atoms with van der Waals surface area (Å²) in [5, 5.41) is 4.06. The molecule has 0 spiro atoms. The van der Waals surface area contributed by atoms with Crippen LogP contribution in [0.2, 0.25) is 0 Å². The van der Waals surface area contributed by atoms with Crippen molar-refractivity contribution in [3.05, 3.63) is 41.7 Å². The van der Waals surface area contributed by atoms with Gasteiger partial charge in [-0.15, -0.1) is 0 Å². The number of hydrogen-bond acceptors (Lipinski definition) is 3. The van der Waals surface area contributed by atoms with Crippen LogP contribution in [0.15, 0.2) is 30.6 Å². The van der Waals surface area contributed by atoms with E-state index in [1.165, 1.54) is 11.1 Å². The molecule has 104 valence electrons. The van der Waals surface area contributed by atoms with Crippen LogP contribution < -0.4 is 10.6 Å². The largest absolute Gasteiger partial charge is 0.396 e. The molecule has 20 heavy (non-hydrogen) atoms. The van der Waals surface area contributed by atoms with Gasteiger partial charge in [0.15, 0.2) is 0 Å². The molecule has 1 aromatic heterocycles. The molecule has 5 nitrogen and oxygen atoms in total. The number of aromatic nitrogens is 2. The number of fused-ring (bicyclic) bond motifs is 1. The molecule has 0 radical (unpaired) electrons. The summed E-state index contributed by atoms with van der Waals surface area (Å²) in [6, 6.07) is 6.26. The second-order valence-corrected chi connectivity index (χ2v) is 5.25. The average Bonchev–Trinajstić information content (AvgIpc) is 2.83. The van der Waals surface area contributed by atoms with Crippen molar-refractivity contribution < 1.29 is 4.79 Å². The van der Waals surface area contributed by atoms with Gasteiger partial charge in [-0.05, 0) is 31.4 Å². The van der Waals surface area contributed by atoms with E-state index in [2.05, 4.69) is 24.2 Å². The van der Waals surface area contributed by atoms with Gasteiger partial charge in [0.1, 0.15) is 6.54 Å². The average molecular weight is 270 g/mol. The van der Waals surface area contributed by atoms with Gasteiger partial charge in [0.2, 0.25) is 5.91 Å². The SMILES string of the molecule is Cc1ccc2c(c1)CCCN2C(=O)Cn1cc(N)cn1. The fourth-order valence-corrected chi connectivity index (χ4v) is 2.67. The maximum atomic E-state index is 12.4. The van der Waals surface area contributed by atoms with Crippen LogP contribution in [0.5, 0.6) is 0 Å². The molecular weight excluding hydrogens is 252 g/mol. The molecule has 2 N–H and O–H groups in total. The lowest BCUT2D eigenvalue weighted by Crippen LogP contribution is -2.37. The number of carbonyl (C=O) groups excluding carboxylic acids is 1. The number of anilines is 2. The van der Waals surface area contributed by atoms with Crippen molar-refractivity contribution in [2.24, 2.45) is 0 Å². The van der Waals surface area contributed by atoms with Gasteiger partial charge in [0.05, 0.1) is 11.9 Å². The van der Waals surface area contributed by atoms with Crippen LogP contribution in [-0.4, -0.2) is 22.2 Å². The predicted molar refractivity (Wildman–Crippen MR) is 78.5 cm³/mol. The standard InChI is InChI=1S/C15H18N4O/c1-11-4-5-14-12(7-11)3-2-6-19(14)15(20)10-18-9-13(16)8-17-18/h4-5,7-9H,2-3,6,10,16H2,1H3. The summed E-state index contributed by atoms with van der Waals surface area (Å²) in [7, 11) is 0. The highest BCUT2D eigenvalue weighted by Crippen LogP contribution is 2.28. The Hall–Kier alpha value is -2.30. The highest BCUT2D eigenvalue weighted by molar-refractivity contribution is 5.94. The lowest BCUT2D eigenvalue weighted by Gasteiger charge is -2.29. The number of carbonyl (C=O) groups is 1. The van der Waals surface area contributed by atoms with Gasteiger partial charge in [-0.1, -0.05) is 17.7 Å². The van der Waals surface area contributed by atoms with Crippen molar-refractivity contribution in [3.63, 3.8) is 0 Å². The second-order valence-electron chi connectivity index (χ2n) is 5.25. The Labute approximate surface area is 118 Å². The third-order valence-corrected chi connectivity index (χ3v) is 3.61. The van der Waals surface area contributed by atoms with Crippen LogP contribution in [0.1, 0.15) is 17.5 Å². The molecule has 0 saturated heterocycles. The number of nitrogen functional groups attached to an aromatic ring is 1. The number of benzene rings is 1. The molecule has 0 saturated carbocycles. The molecule has 5 heteroatoms. The molecule has 0 bridgehead atoms. The van der Waals surface area contributed by atoms with Crippen molar-refractivity contribution in [2.75, 3.05) is 17.2 Å². The van der Waals surface area contributed by atoms with Crippen LogP contribution in [0.25, 0.3) is 0 Å². The molecule has 0 atom stereocenters. The van der Waals surface area contributed by atoms with E-state index < -0.39 is 0 Å². The van der Waals surface area contributed by atoms with E-state index in [0.717, 1.165) is 25.1 Å². The van der Waals surface area contributed by atoms with Gasteiger partial charge < -0.3 is 10.6 Å². The Bertz CT molecular complexity index is 647. The quantitative estimate of drug-likeness (QED) is 0.904. The number of hydrogen-bond donors (Lipinski definition) is 1. The fraction of sp³-hybridized carbons (Fsp3) is 0.333. The molecule has 2 aromatic rings. The normalized spacial score (nSPS) is 14.2. The minimum atomic E-state index is 0.0536. The van der Waals surface area contributed by atoms with Gasteiger partial charge in [0.25, 0.3) is 0 Å². The third kappa shape index (κ3) is 2.39. The Kier molecular flexibility index (Phi) is 3.18. The topological polar surface area (TPSA) is 64.2 Å². The van der Waals surface area contributed by atoms with Crippen LogP contribution in [0.3, 0.4) is 0 Å². The van der Waals surface area contributed by atoms with E-state index in [-0.39, 0.29) is 12.5 Å². The lowest BCUT2D eigenvalue weighted by molar-refractivity contribution is -0.119. The second kappa shape index (κ2) is 5.00. The lowest BCUT2D eigenvalue weighted by atomic mass is 9.99. The zero-order chi connectivity index (χ0) is 14.1. The van der Waals surface area contributed by atoms with E-state index in [4.69, 9.17) is 5.73 Å². The summed E-state index contributed by atoms with van der Waals surface area (Å²) in [5.41, 5.74) is 9.72. The maximum Gasteiger partial charge on any atom is 0.248 e. The summed E-state index contributed by atoms with van der Waals surface area (Å²) >= 11 is 0. The van der Waals surface area contributed by atoms with E-state index in [9.17, 15) is 4.79 Å². The highest BCUT2D eigenvalue weighted by Gasteiger charge is 2.22. The molecule has 0 fully saturated rings. The summed E-state index contributed by atoms with van der Waals surface area (Å²) in [6.07, 6.45) is 5.28. The molecule has 1 aliphatic heterocycles. The van der Waals surface area contributed by atoms with E-state index in [1.54, 1.807) is 17.1 Å². The zero-order valence-corrected chi connectivity index (χ0v) is 11.5. The minimum absolute atomic E-state index is 0.0536. The third-order valence-electron chi connectivity index (χ3n) is 3.61. The number of rotatable bonds is 2. The molecule has 1 aliphatic rings. The summed E-state index contributed by atoms with van der Waals surface area (Å²) in [6.45, 7) is 3.07. The van der Waals surface area contributed by atoms with Crippen molar-refractivity contribution in [1.29, 1.82) is 0 Å². The van der Waals surface area contributed by atoms with Crippen molar-refractivity contribution in [2.45, 2.75) is 26.3 Å². The molecule has 0 unspecified atom stereocenters. The van der Waals surface area contributed by atoms with Gasteiger partial charge >= 0.3 is 0 Å². The van der Waals surface area contributed by atoms with Crippen molar-refractivity contribution in [3.8, 4) is 0 Å². The first-order chi connectivity index (χ1) is 9.63. The zero-order valence-electron chi connectivity index (χ0n) is 11.5. The van der Waals surface area contributed by atoms with Crippen LogP contribution in [0, 0.1) is 6.92 Å². The van der Waals surface area contributed by atoms with E-state index in [0.29, 0.717) is 5.69 Å². The van der Waals surface area contributed by atoms with Crippen LogP contribution in [-0.2, 0) is 17.8 Å². The molecule has 1 aromatic carbocycles. The summed E-state index contributed by atoms with van der Waals surface area (Å²) in [4.78, 5) is 14.3. The maximum absolute atomic E-state index is 12.4. The number of nitrogens with two attached hydrogens (primary N) is 1. The molecule has 1 amide bonds. The Morgan fingerprint density at radius 2 is 2.30 bits per heavy atom. The molecule has 2 heterocycles.